The number of H-pyrrole nitrogens is 1. The van der Waals surface area contributed by atoms with Gasteiger partial charge in [-0.05, 0) is 40.5 Å². The average Bonchev–Trinajstić information content (AvgIpc) is 3.49. The van der Waals surface area contributed by atoms with Crippen molar-refractivity contribution in [3.63, 3.8) is 0 Å². The van der Waals surface area contributed by atoms with E-state index in [0.29, 0.717) is 29.4 Å². The number of benzene rings is 2. The first kappa shape index (κ1) is 22.7. The van der Waals surface area contributed by atoms with Gasteiger partial charge in [-0.25, -0.2) is 9.97 Å². The van der Waals surface area contributed by atoms with Gasteiger partial charge >= 0.3 is 6.18 Å². The van der Waals surface area contributed by atoms with E-state index in [2.05, 4.69) is 30.6 Å². The minimum Gasteiger partial charge on any atom is -0.308 e. The summed E-state index contributed by atoms with van der Waals surface area (Å²) < 4.78 is 41.7. The van der Waals surface area contributed by atoms with E-state index >= 15 is 0 Å². The lowest BCUT2D eigenvalue weighted by atomic mass is 9.98. The fourth-order valence-corrected chi connectivity index (χ4v) is 4.07. The van der Waals surface area contributed by atoms with E-state index in [1.54, 1.807) is 10.8 Å². The number of aromatic amines is 1. The molecule has 5 rings (SSSR count). The molecule has 0 radical (unpaired) electrons. The first-order valence-corrected chi connectivity index (χ1v) is 11.1. The molecule has 1 atom stereocenters. The average molecular weight is 477 g/mol. The summed E-state index contributed by atoms with van der Waals surface area (Å²) in [7, 11) is 0. The highest BCUT2D eigenvalue weighted by molar-refractivity contribution is 5.80. The number of tetrazole rings is 1. The van der Waals surface area contributed by atoms with E-state index in [4.69, 9.17) is 0 Å². The van der Waals surface area contributed by atoms with Gasteiger partial charge in [-0.15, -0.1) is 10.2 Å². The lowest BCUT2D eigenvalue weighted by Crippen LogP contribution is -2.23. The van der Waals surface area contributed by atoms with Crippen molar-refractivity contribution in [1.29, 1.82) is 0 Å². The van der Waals surface area contributed by atoms with Crippen molar-refractivity contribution in [2.24, 2.45) is 5.92 Å². The van der Waals surface area contributed by atoms with Gasteiger partial charge in [0.05, 0.1) is 12.5 Å². The normalized spacial score (nSPS) is 12.8. The molecule has 10 heteroatoms. The number of nitrogens with zero attached hydrogens (tertiary/aromatic N) is 6. The number of hydrogen-bond donors (Lipinski definition) is 1. The van der Waals surface area contributed by atoms with Gasteiger partial charge in [0.2, 0.25) is 5.82 Å². The third kappa shape index (κ3) is 4.51. The van der Waals surface area contributed by atoms with Gasteiger partial charge in [0.25, 0.3) is 0 Å². The van der Waals surface area contributed by atoms with Gasteiger partial charge in [-0.2, -0.15) is 18.4 Å². The molecule has 35 heavy (non-hydrogen) atoms. The molecule has 0 bridgehead atoms. The van der Waals surface area contributed by atoms with Crippen molar-refractivity contribution in [3.8, 4) is 22.5 Å². The number of imidazole rings is 1. The van der Waals surface area contributed by atoms with Crippen molar-refractivity contribution in [1.82, 2.24) is 35.2 Å². The standard InChI is InChI=1S/C25H22F3N7/c1-15-11-12-29-24-22(15)30-21(13-16(2)25(26,27)28)35(24)14-17-7-9-18(10-8-17)19-5-3-4-6-20(19)23-31-33-34-32-23/h3-12,16H,13-14H2,1-2H3,(H,31,32,33,34). The van der Waals surface area contributed by atoms with Crippen molar-refractivity contribution < 1.29 is 13.2 Å². The van der Waals surface area contributed by atoms with Gasteiger partial charge < -0.3 is 4.57 Å². The summed E-state index contributed by atoms with van der Waals surface area (Å²) in [5.41, 5.74) is 5.77. The predicted octanol–water partition coefficient (Wildman–Crippen LogP) is 5.38. The van der Waals surface area contributed by atoms with Crippen LogP contribution in [-0.2, 0) is 13.0 Å². The molecule has 5 aromatic rings. The van der Waals surface area contributed by atoms with Crippen LogP contribution in [0.1, 0.15) is 23.9 Å². The van der Waals surface area contributed by atoms with E-state index in [-0.39, 0.29) is 6.42 Å². The monoisotopic (exact) mass is 477 g/mol. The molecule has 2 aromatic carbocycles. The van der Waals surface area contributed by atoms with E-state index < -0.39 is 12.1 Å². The van der Waals surface area contributed by atoms with Gasteiger partial charge in [-0.3, -0.25) is 0 Å². The quantitative estimate of drug-likeness (QED) is 0.355. The largest absolute Gasteiger partial charge is 0.391 e. The third-order valence-electron chi connectivity index (χ3n) is 6.08. The van der Waals surface area contributed by atoms with Crippen LogP contribution in [0.3, 0.4) is 0 Å². The number of aromatic nitrogens is 7. The molecule has 1 N–H and O–H groups in total. The van der Waals surface area contributed by atoms with Crippen LogP contribution in [-0.4, -0.2) is 41.3 Å². The third-order valence-corrected chi connectivity index (χ3v) is 6.08. The number of alkyl halides is 3. The summed E-state index contributed by atoms with van der Waals surface area (Å²) in [6, 6.07) is 17.4. The van der Waals surface area contributed by atoms with Crippen LogP contribution in [0.5, 0.6) is 0 Å². The molecule has 0 saturated carbocycles. The number of aryl methyl sites for hydroxylation is 1. The summed E-state index contributed by atoms with van der Waals surface area (Å²) in [4.78, 5) is 8.97. The van der Waals surface area contributed by atoms with Crippen molar-refractivity contribution in [3.05, 3.63) is 77.7 Å². The summed E-state index contributed by atoms with van der Waals surface area (Å²) >= 11 is 0. The Morgan fingerprint density at radius 1 is 1.00 bits per heavy atom. The lowest BCUT2D eigenvalue weighted by Gasteiger charge is -2.16. The maximum Gasteiger partial charge on any atom is 0.391 e. The van der Waals surface area contributed by atoms with Crippen molar-refractivity contribution in [2.75, 3.05) is 0 Å². The van der Waals surface area contributed by atoms with E-state index in [9.17, 15) is 13.2 Å². The second-order valence-electron chi connectivity index (χ2n) is 8.54. The topological polar surface area (TPSA) is 85.2 Å². The van der Waals surface area contributed by atoms with E-state index in [1.807, 2.05) is 61.5 Å². The highest BCUT2D eigenvalue weighted by Crippen LogP contribution is 2.32. The Morgan fingerprint density at radius 3 is 2.43 bits per heavy atom. The number of fused-ring (bicyclic) bond motifs is 1. The highest BCUT2D eigenvalue weighted by Gasteiger charge is 2.37. The second-order valence-corrected chi connectivity index (χ2v) is 8.54. The van der Waals surface area contributed by atoms with Gasteiger partial charge in [-0.1, -0.05) is 55.5 Å². The smallest absolute Gasteiger partial charge is 0.308 e. The predicted molar refractivity (Wildman–Crippen MR) is 125 cm³/mol. The maximum atomic E-state index is 13.3. The molecule has 7 nitrogen and oxygen atoms in total. The van der Waals surface area contributed by atoms with E-state index in [0.717, 1.165) is 27.8 Å². The molecule has 0 fully saturated rings. The number of halogens is 3. The van der Waals surface area contributed by atoms with Crippen LogP contribution >= 0.6 is 0 Å². The molecule has 0 aliphatic carbocycles. The number of hydrogen-bond acceptors (Lipinski definition) is 5. The van der Waals surface area contributed by atoms with Gasteiger partial charge in [0, 0.05) is 18.2 Å². The molecule has 0 aliphatic rings. The van der Waals surface area contributed by atoms with Gasteiger partial charge in [0.1, 0.15) is 11.3 Å². The highest BCUT2D eigenvalue weighted by atomic mass is 19.4. The Balaban J connectivity index is 1.49. The Kier molecular flexibility index (Phi) is 5.80. The lowest BCUT2D eigenvalue weighted by molar-refractivity contribution is -0.169. The second kappa shape index (κ2) is 8.94. The van der Waals surface area contributed by atoms with Crippen LogP contribution in [0.15, 0.2) is 60.8 Å². The number of rotatable bonds is 6. The summed E-state index contributed by atoms with van der Waals surface area (Å²) in [6.45, 7) is 3.42. The first-order chi connectivity index (χ1) is 16.8. The van der Waals surface area contributed by atoms with Crippen LogP contribution in [0.25, 0.3) is 33.7 Å². The SMILES string of the molecule is Cc1ccnc2c1nc(CC(C)C(F)(F)F)n2Cc1ccc(-c2ccccc2-c2nn[nH]n2)cc1. The Labute approximate surface area is 199 Å². The van der Waals surface area contributed by atoms with Crippen LogP contribution in [0.2, 0.25) is 0 Å². The molecule has 0 saturated heterocycles. The molecular formula is C25H22F3N7. The van der Waals surface area contributed by atoms with Gasteiger partial charge in [0.15, 0.2) is 5.65 Å². The molecule has 0 aliphatic heterocycles. The first-order valence-electron chi connectivity index (χ1n) is 11.1. The molecule has 0 amide bonds. The summed E-state index contributed by atoms with van der Waals surface area (Å²) in [6.07, 6.45) is -2.85. The number of pyridine rings is 1. The van der Waals surface area contributed by atoms with Crippen LogP contribution in [0.4, 0.5) is 13.2 Å². The maximum absolute atomic E-state index is 13.3. The number of nitrogens with one attached hydrogen (secondary N) is 1. The zero-order valence-electron chi connectivity index (χ0n) is 19.1. The van der Waals surface area contributed by atoms with Crippen LogP contribution in [0, 0.1) is 12.8 Å². The molecule has 3 heterocycles. The molecule has 3 aromatic heterocycles. The van der Waals surface area contributed by atoms with Crippen molar-refractivity contribution in [2.45, 2.75) is 33.0 Å². The molecular weight excluding hydrogens is 455 g/mol. The minimum absolute atomic E-state index is 0.213. The fourth-order valence-electron chi connectivity index (χ4n) is 4.07. The molecule has 1 unspecified atom stereocenters. The summed E-state index contributed by atoms with van der Waals surface area (Å²) in [5.74, 6) is -0.639. The zero-order chi connectivity index (χ0) is 24.6. The zero-order valence-corrected chi connectivity index (χ0v) is 19.1. The Bertz CT molecular complexity index is 1460. The van der Waals surface area contributed by atoms with Crippen molar-refractivity contribution >= 4 is 11.2 Å². The Hall–Kier alpha value is -4.08. The fraction of sp³-hybridized carbons (Fsp3) is 0.240. The summed E-state index contributed by atoms with van der Waals surface area (Å²) in [5, 5.41) is 14.3. The molecule has 178 valence electrons. The Morgan fingerprint density at radius 2 is 1.74 bits per heavy atom. The molecule has 0 spiro atoms. The minimum atomic E-state index is -4.29. The van der Waals surface area contributed by atoms with Crippen LogP contribution < -0.4 is 0 Å². The van der Waals surface area contributed by atoms with E-state index in [1.165, 1.54) is 6.92 Å².